The fourth-order valence-electron chi connectivity index (χ4n) is 2.15. The zero-order valence-electron chi connectivity index (χ0n) is 11.7. The summed E-state index contributed by atoms with van der Waals surface area (Å²) in [5.41, 5.74) is 1.77. The molecule has 0 spiro atoms. The molecule has 1 aliphatic rings. The molecule has 20 heavy (non-hydrogen) atoms. The maximum Gasteiger partial charge on any atom is 0.265 e. The highest BCUT2D eigenvalue weighted by Crippen LogP contribution is 2.31. The van der Waals surface area contributed by atoms with Crippen molar-refractivity contribution in [2.45, 2.75) is 19.8 Å². The number of pyridine rings is 1. The van der Waals surface area contributed by atoms with Crippen LogP contribution in [-0.2, 0) is 0 Å². The number of carbonyl (C=O) groups excluding carboxylic acids is 1. The number of aryl methyl sites for hydroxylation is 1. The first-order valence-electron chi connectivity index (χ1n) is 6.78. The van der Waals surface area contributed by atoms with Gasteiger partial charge in [0.1, 0.15) is 9.88 Å². The normalized spacial score (nSPS) is 14.3. The first-order valence-corrected chi connectivity index (χ1v) is 7.60. The van der Waals surface area contributed by atoms with Crippen molar-refractivity contribution in [2.75, 3.05) is 13.6 Å². The number of nitrogens with zero attached hydrogens (tertiary/aromatic N) is 3. The molecule has 0 radical (unpaired) electrons. The van der Waals surface area contributed by atoms with Crippen molar-refractivity contribution in [3.05, 3.63) is 35.1 Å². The molecular weight excluding hydrogens is 270 g/mol. The van der Waals surface area contributed by atoms with Crippen molar-refractivity contribution in [3.8, 4) is 10.6 Å². The second-order valence-electron chi connectivity index (χ2n) is 5.30. The SMILES string of the molecule is Cc1nc(-c2cccnc2)sc1C(=O)N(C)CC1CC1. The number of hydrogen-bond donors (Lipinski definition) is 0. The maximum absolute atomic E-state index is 12.5. The molecule has 1 amide bonds. The average Bonchev–Trinajstić information content (AvgIpc) is 3.19. The summed E-state index contributed by atoms with van der Waals surface area (Å²) in [6.45, 7) is 2.76. The lowest BCUT2D eigenvalue weighted by atomic mass is 10.3. The van der Waals surface area contributed by atoms with Crippen LogP contribution in [0.1, 0.15) is 28.2 Å². The van der Waals surface area contributed by atoms with Gasteiger partial charge in [0.05, 0.1) is 5.69 Å². The van der Waals surface area contributed by atoms with Crippen LogP contribution in [0.5, 0.6) is 0 Å². The summed E-state index contributed by atoms with van der Waals surface area (Å²) in [5, 5.41) is 0.860. The molecule has 0 N–H and O–H groups in total. The largest absolute Gasteiger partial charge is 0.341 e. The van der Waals surface area contributed by atoms with Crippen LogP contribution in [0.4, 0.5) is 0 Å². The van der Waals surface area contributed by atoms with Crippen LogP contribution in [0.2, 0.25) is 0 Å². The molecule has 3 rings (SSSR count). The van der Waals surface area contributed by atoms with Crippen molar-refractivity contribution in [3.63, 3.8) is 0 Å². The van der Waals surface area contributed by atoms with Gasteiger partial charge in [-0.2, -0.15) is 0 Å². The molecule has 2 aromatic rings. The summed E-state index contributed by atoms with van der Waals surface area (Å²) in [6.07, 6.45) is 6.01. The van der Waals surface area contributed by atoms with E-state index in [4.69, 9.17) is 0 Å². The van der Waals surface area contributed by atoms with Crippen LogP contribution in [0.15, 0.2) is 24.5 Å². The number of carbonyl (C=O) groups is 1. The molecule has 0 unspecified atom stereocenters. The summed E-state index contributed by atoms with van der Waals surface area (Å²) in [5.74, 6) is 0.789. The first-order chi connectivity index (χ1) is 9.65. The monoisotopic (exact) mass is 287 g/mol. The quantitative estimate of drug-likeness (QED) is 0.868. The van der Waals surface area contributed by atoms with Crippen molar-refractivity contribution < 1.29 is 4.79 Å². The Morgan fingerprint density at radius 3 is 2.95 bits per heavy atom. The Morgan fingerprint density at radius 2 is 2.30 bits per heavy atom. The third-order valence-electron chi connectivity index (χ3n) is 3.48. The van der Waals surface area contributed by atoms with E-state index in [1.165, 1.54) is 24.2 Å². The predicted molar refractivity (Wildman–Crippen MR) is 79.8 cm³/mol. The topological polar surface area (TPSA) is 46.1 Å². The summed E-state index contributed by atoms with van der Waals surface area (Å²) in [6, 6.07) is 3.85. The Balaban J connectivity index is 1.83. The molecule has 1 saturated carbocycles. The summed E-state index contributed by atoms with van der Waals surface area (Å²) >= 11 is 1.45. The molecule has 1 aliphatic carbocycles. The molecular formula is C15H17N3OS. The van der Waals surface area contributed by atoms with E-state index in [1.54, 1.807) is 12.4 Å². The van der Waals surface area contributed by atoms with E-state index >= 15 is 0 Å². The molecule has 0 aliphatic heterocycles. The fourth-order valence-corrected chi connectivity index (χ4v) is 3.20. The molecule has 0 atom stereocenters. The molecule has 2 aromatic heterocycles. The van der Waals surface area contributed by atoms with Crippen LogP contribution in [0.3, 0.4) is 0 Å². The van der Waals surface area contributed by atoms with Crippen LogP contribution < -0.4 is 0 Å². The lowest BCUT2D eigenvalue weighted by molar-refractivity contribution is 0.0792. The van der Waals surface area contributed by atoms with E-state index in [1.807, 2.05) is 31.0 Å². The highest BCUT2D eigenvalue weighted by Gasteiger charge is 2.27. The van der Waals surface area contributed by atoms with Gasteiger partial charge in [-0.25, -0.2) is 4.98 Å². The lowest BCUT2D eigenvalue weighted by Gasteiger charge is -2.15. The van der Waals surface area contributed by atoms with Gasteiger partial charge in [0, 0.05) is 31.5 Å². The van der Waals surface area contributed by atoms with Crippen molar-refractivity contribution in [1.29, 1.82) is 0 Å². The van der Waals surface area contributed by atoms with Crippen LogP contribution in [-0.4, -0.2) is 34.4 Å². The van der Waals surface area contributed by atoms with Crippen LogP contribution in [0, 0.1) is 12.8 Å². The molecule has 0 aromatic carbocycles. The van der Waals surface area contributed by atoms with Crippen LogP contribution in [0.25, 0.3) is 10.6 Å². The minimum atomic E-state index is 0.0852. The van der Waals surface area contributed by atoms with Gasteiger partial charge >= 0.3 is 0 Å². The van der Waals surface area contributed by atoms with Gasteiger partial charge in [0.15, 0.2) is 0 Å². The molecule has 104 valence electrons. The van der Waals surface area contributed by atoms with Gasteiger partial charge in [-0.05, 0) is 37.8 Å². The van der Waals surface area contributed by atoms with Gasteiger partial charge in [0.2, 0.25) is 0 Å². The number of thiazole rings is 1. The number of aromatic nitrogens is 2. The number of hydrogen-bond acceptors (Lipinski definition) is 4. The standard InChI is InChI=1S/C15H17N3OS/c1-10-13(15(19)18(2)9-11-5-6-11)20-14(17-10)12-4-3-7-16-8-12/h3-4,7-8,11H,5-6,9H2,1-2H3. The fraction of sp³-hybridized carbons (Fsp3) is 0.400. The Hall–Kier alpha value is -1.75. The summed E-state index contributed by atoms with van der Waals surface area (Å²) in [4.78, 5) is 23.6. The minimum absolute atomic E-state index is 0.0852. The summed E-state index contributed by atoms with van der Waals surface area (Å²) < 4.78 is 0. The second-order valence-corrected chi connectivity index (χ2v) is 6.30. The highest BCUT2D eigenvalue weighted by atomic mass is 32.1. The lowest BCUT2D eigenvalue weighted by Crippen LogP contribution is -2.28. The van der Waals surface area contributed by atoms with E-state index in [0.717, 1.165) is 27.7 Å². The van der Waals surface area contributed by atoms with E-state index in [0.29, 0.717) is 5.92 Å². The molecule has 0 bridgehead atoms. The molecule has 1 fully saturated rings. The molecule has 2 heterocycles. The predicted octanol–water partition coefficient (Wildman–Crippen LogP) is 3.00. The number of amides is 1. The summed E-state index contributed by atoms with van der Waals surface area (Å²) in [7, 11) is 1.88. The maximum atomic E-state index is 12.5. The Bertz CT molecular complexity index is 619. The highest BCUT2D eigenvalue weighted by molar-refractivity contribution is 7.17. The van der Waals surface area contributed by atoms with Gasteiger partial charge in [-0.1, -0.05) is 0 Å². The van der Waals surface area contributed by atoms with Gasteiger partial charge in [0.25, 0.3) is 5.91 Å². The Labute approximate surface area is 122 Å². The van der Waals surface area contributed by atoms with E-state index in [2.05, 4.69) is 9.97 Å². The molecule has 0 saturated heterocycles. The Morgan fingerprint density at radius 1 is 1.50 bits per heavy atom. The van der Waals surface area contributed by atoms with Crippen molar-refractivity contribution >= 4 is 17.2 Å². The number of rotatable bonds is 4. The average molecular weight is 287 g/mol. The second kappa shape index (κ2) is 5.32. The van der Waals surface area contributed by atoms with Crippen molar-refractivity contribution in [1.82, 2.24) is 14.9 Å². The van der Waals surface area contributed by atoms with Gasteiger partial charge < -0.3 is 4.90 Å². The Kier molecular flexibility index (Phi) is 3.53. The minimum Gasteiger partial charge on any atom is -0.341 e. The smallest absolute Gasteiger partial charge is 0.265 e. The van der Waals surface area contributed by atoms with E-state index in [9.17, 15) is 4.79 Å². The van der Waals surface area contributed by atoms with Gasteiger partial charge in [-0.15, -0.1) is 11.3 Å². The zero-order chi connectivity index (χ0) is 14.1. The van der Waals surface area contributed by atoms with Gasteiger partial charge in [-0.3, -0.25) is 9.78 Å². The van der Waals surface area contributed by atoms with Crippen molar-refractivity contribution in [2.24, 2.45) is 5.92 Å². The molecule has 4 nitrogen and oxygen atoms in total. The third-order valence-corrected chi connectivity index (χ3v) is 4.67. The van der Waals surface area contributed by atoms with E-state index in [-0.39, 0.29) is 5.91 Å². The zero-order valence-corrected chi connectivity index (χ0v) is 12.5. The first kappa shape index (κ1) is 13.2. The van der Waals surface area contributed by atoms with Crippen LogP contribution >= 0.6 is 11.3 Å². The molecule has 5 heteroatoms. The van der Waals surface area contributed by atoms with E-state index < -0.39 is 0 Å². The third kappa shape index (κ3) is 2.72.